The highest BCUT2D eigenvalue weighted by Gasteiger charge is 2.02. The van der Waals surface area contributed by atoms with Gasteiger partial charge in [-0.05, 0) is 19.4 Å². The third kappa shape index (κ3) is 3.84. The van der Waals surface area contributed by atoms with E-state index in [4.69, 9.17) is 5.73 Å². The molecule has 2 N–H and O–H groups in total. The Labute approximate surface area is 107 Å². The summed E-state index contributed by atoms with van der Waals surface area (Å²) in [5.41, 5.74) is 6.50. The van der Waals surface area contributed by atoms with Gasteiger partial charge in [-0.3, -0.25) is 4.68 Å². The molecular weight excluding hydrogens is 236 g/mol. The first-order valence-corrected chi connectivity index (χ1v) is 5.55. The maximum Gasteiger partial charge on any atom is 0.181 e. The molecule has 0 unspecified atom stereocenters. The molecule has 2 rings (SSSR count). The first kappa shape index (κ1) is 13.7. The second-order valence-electron chi connectivity index (χ2n) is 3.69. The van der Waals surface area contributed by atoms with Crippen molar-refractivity contribution < 1.29 is 0 Å². The zero-order chi connectivity index (χ0) is 11.2. The maximum atomic E-state index is 5.44. The summed E-state index contributed by atoms with van der Waals surface area (Å²) in [6.45, 7) is 1.62. The normalized spacial score (nSPS) is 9.94. The number of aryl methyl sites for hydroxylation is 1. The van der Waals surface area contributed by atoms with Gasteiger partial charge in [0.15, 0.2) is 5.82 Å². The Hall–Kier alpha value is -1.39. The number of hydrogen-bond donors (Lipinski definition) is 1. The van der Waals surface area contributed by atoms with Crippen molar-refractivity contribution in [1.82, 2.24) is 14.8 Å². The molecule has 4 nitrogen and oxygen atoms in total. The Morgan fingerprint density at radius 3 is 2.59 bits per heavy atom. The van der Waals surface area contributed by atoms with E-state index in [0.29, 0.717) is 0 Å². The van der Waals surface area contributed by atoms with Crippen LogP contribution < -0.4 is 5.73 Å². The highest BCUT2D eigenvalue weighted by Crippen LogP contribution is 2.12. The smallest absolute Gasteiger partial charge is 0.181 e. The summed E-state index contributed by atoms with van der Waals surface area (Å²) in [5.74, 6) is 0.786. The van der Waals surface area contributed by atoms with E-state index in [-0.39, 0.29) is 12.4 Å². The minimum atomic E-state index is 0. The second-order valence-corrected chi connectivity index (χ2v) is 3.69. The van der Waals surface area contributed by atoms with Gasteiger partial charge in [0.05, 0.1) is 0 Å². The third-order valence-corrected chi connectivity index (χ3v) is 2.41. The maximum absolute atomic E-state index is 5.44. The highest BCUT2D eigenvalue weighted by atomic mass is 35.5. The number of benzene rings is 1. The fourth-order valence-corrected chi connectivity index (χ4v) is 1.54. The zero-order valence-corrected chi connectivity index (χ0v) is 10.4. The summed E-state index contributed by atoms with van der Waals surface area (Å²) in [6, 6.07) is 10.00. The van der Waals surface area contributed by atoms with Crippen molar-refractivity contribution in [2.24, 2.45) is 5.73 Å². The minimum absolute atomic E-state index is 0. The fourth-order valence-electron chi connectivity index (χ4n) is 1.54. The summed E-state index contributed by atoms with van der Waals surface area (Å²) in [4.78, 5) is 4.29. The van der Waals surface area contributed by atoms with E-state index in [1.807, 2.05) is 35.0 Å². The molecule has 0 aliphatic rings. The molecule has 17 heavy (non-hydrogen) atoms. The molecule has 0 fully saturated rings. The Balaban J connectivity index is 0.00000144. The van der Waals surface area contributed by atoms with Crippen LogP contribution >= 0.6 is 12.4 Å². The number of rotatable bonds is 5. The number of hydrogen-bond acceptors (Lipinski definition) is 3. The van der Waals surface area contributed by atoms with Gasteiger partial charge >= 0.3 is 0 Å². The van der Waals surface area contributed by atoms with Crippen LogP contribution in [0.1, 0.15) is 12.8 Å². The topological polar surface area (TPSA) is 56.7 Å². The molecule has 2 aromatic rings. The van der Waals surface area contributed by atoms with Crippen LogP contribution in [0, 0.1) is 0 Å². The summed E-state index contributed by atoms with van der Waals surface area (Å²) < 4.78 is 1.87. The van der Waals surface area contributed by atoms with Crippen LogP contribution in [-0.4, -0.2) is 21.3 Å². The standard InChI is InChI=1S/C12H16N4.ClH/c13-8-4-5-9-16-10-14-12(15-16)11-6-2-1-3-7-11;/h1-3,6-7,10H,4-5,8-9,13H2;1H. The van der Waals surface area contributed by atoms with E-state index in [1.54, 1.807) is 6.33 Å². The van der Waals surface area contributed by atoms with Gasteiger partial charge in [0.2, 0.25) is 0 Å². The van der Waals surface area contributed by atoms with Gasteiger partial charge in [0.1, 0.15) is 6.33 Å². The molecule has 0 spiro atoms. The van der Waals surface area contributed by atoms with Crippen molar-refractivity contribution in [1.29, 1.82) is 0 Å². The van der Waals surface area contributed by atoms with Gasteiger partial charge in [-0.2, -0.15) is 5.10 Å². The number of nitrogens with two attached hydrogens (primary N) is 1. The molecule has 0 saturated heterocycles. The fraction of sp³-hybridized carbons (Fsp3) is 0.333. The molecule has 5 heteroatoms. The highest BCUT2D eigenvalue weighted by molar-refractivity contribution is 5.85. The first-order valence-electron chi connectivity index (χ1n) is 5.55. The van der Waals surface area contributed by atoms with Crippen molar-refractivity contribution in [3.63, 3.8) is 0 Å². The van der Waals surface area contributed by atoms with Crippen molar-refractivity contribution in [3.05, 3.63) is 36.7 Å². The van der Waals surface area contributed by atoms with E-state index in [9.17, 15) is 0 Å². The second kappa shape index (κ2) is 7.04. The van der Waals surface area contributed by atoms with Crippen molar-refractivity contribution in [2.45, 2.75) is 19.4 Å². The minimum Gasteiger partial charge on any atom is -0.330 e. The van der Waals surface area contributed by atoms with Crippen LogP contribution in [0.25, 0.3) is 11.4 Å². The third-order valence-electron chi connectivity index (χ3n) is 2.41. The molecule has 0 saturated carbocycles. The van der Waals surface area contributed by atoms with E-state index in [2.05, 4.69) is 10.1 Å². The average molecular weight is 253 g/mol. The molecule has 1 aromatic carbocycles. The monoisotopic (exact) mass is 252 g/mol. The summed E-state index contributed by atoms with van der Waals surface area (Å²) in [6.07, 6.45) is 3.85. The molecule has 0 aliphatic heterocycles. The summed E-state index contributed by atoms with van der Waals surface area (Å²) in [5, 5.41) is 4.42. The summed E-state index contributed by atoms with van der Waals surface area (Å²) >= 11 is 0. The average Bonchev–Trinajstić information content (AvgIpc) is 2.79. The molecule has 92 valence electrons. The van der Waals surface area contributed by atoms with Crippen LogP contribution in [-0.2, 0) is 6.54 Å². The Morgan fingerprint density at radius 2 is 1.88 bits per heavy atom. The molecular formula is C12H17ClN4. The Kier molecular flexibility index (Phi) is 5.66. The van der Waals surface area contributed by atoms with Crippen molar-refractivity contribution in [2.75, 3.05) is 6.54 Å². The van der Waals surface area contributed by atoms with Crippen LogP contribution in [0.15, 0.2) is 36.7 Å². The lowest BCUT2D eigenvalue weighted by molar-refractivity contribution is 0.561. The molecule has 0 aliphatic carbocycles. The molecule has 1 heterocycles. The molecule has 0 atom stereocenters. The molecule has 0 amide bonds. The number of unbranched alkanes of at least 4 members (excludes halogenated alkanes) is 1. The van der Waals surface area contributed by atoms with Gasteiger partial charge in [-0.1, -0.05) is 30.3 Å². The van der Waals surface area contributed by atoms with Gasteiger partial charge in [0.25, 0.3) is 0 Å². The zero-order valence-electron chi connectivity index (χ0n) is 9.62. The van der Waals surface area contributed by atoms with E-state index < -0.39 is 0 Å². The lowest BCUT2D eigenvalue weighted by atomic mass is 10.2. The van der Waals surface area contributed by atoms with Gasteiger partial charge < -0.3 is 5.73 Å². The Bertz CT molecular complexity index is 427. The van der Waals surface area contributed by atoms with Crippen LogP contribution in [0.4, 0.5) is 0 Å². The van der Waals surface area contributed by atoms with Gasteiger partial charge in [-0.15, -0.1) is 12.4 Å². The van der Waals surface area contributed by atoms with Crippen molar-refractivity contribution in [3.8, 4) is 11.4 Å². The van der Waals surface area contributed by atoms with E-state index in [1.165, 1.54) is 0 Å². The van der Waals surface area contributed by atoms with Crippen LogP contribution in [0.5, 0.6) is 0 Å². The number of aromatic nitrogens is 3. The molecule has 0 bridgehead atoms. The van der Waals surface area contributed by atoms with Gasteiger partial charge in [-0.25, -0.2) is 4.98 Å². The van der Waals surface area contributed by atoms with Crippen molar-refractivity contribution >= 4 is 12.4 Å². The Morgan fingerprint density at radius 1 is 1.12 bits per heavy atom. The predicted octanol–water partition coefficient (Wildman–Crippen LogP) is 2.11. The van der Waals surface area contributed by atoms with E-state index in [0.717, 1.165) is 37.3 Å². The largest absolute Gasteiger partial charge is 0.330 e. The number of nitrogens with zero attached hydrogens (tertiary/aromatic N) is 3. The molecule has 1 aromatic heterocycles. The quantitative estimate of drug-likeness (QED) is 0.830. The van der Waals surface area contributed by atoms with Crippen LogP contribution in [0.3, 0.4) is 0 Å². The SMILES string of the molecule is Cl.NCCCCn1cnc(-c2ccccc2)n1. The lowest BCUT2D eigenvalue weighted by Gasteiger charge is -1.98. The first-order chi connectivity index (χ1) is 7.90. The summed E-state index contributed by atoms with van der Waals surface area (Å²) in [7, 11) is 0. The predicted molar refractivity (Wildman–Crippen MR) is 71.0 cm³/mol. The van der Waals surface area contributed by atoms with E-state index >= 15 is 0 Å². The van der Waals surface area contributed by atoms with Crippen LogP contribution in [0.2, 0.25) is 0 Å². The number of halogens is 1. The molecule has 0 radical (unpaired) electrons. The van der Waals surface area contributed by atoms with Gasteiger partial charge in [0, 0.05) is 12.1 Å². The lowest BCUT2D eigenvalue weighted by Crippen LogP contribution is -2.03.